The molecule has 3 rings (SSSR count). The summed E-state index contributed by atoms with van der Waals surface area (Å²) in [6.45, 7) is -0.0558. The number of nitro benzene ring substituents is 1. The van der Waals surface area contributed by atoms with Crippen LogP contribution in [-0.4, -0.2) is 35.3 Å². The van der Waals surface area contributed by atoms with E-state index in [4.69, 9.17) is 9.15 Å². The topological polar surface area (TPSA) is 115 Å². The van der Waals surface area contributed by atoms with Crippen LogP contribution in [-0.2, 0) is 11.3 Å². The molecule has 2 amide bonds. The van der Waals surface area contributed by atoms with Crippen LogP contribution in [0.3, 0.4) is 0 Å². The maximum atomic E-state index is 12.8. The van der Waals surface area contributed by atoms with E-state index >= 15 is 0 Å². The van der Waals surface area contributed by atoms with Crippen LogP contribution in [0, 0.1) is 10.1 Å². The van der Waals surface area contributed by atoms with E-state index < -0.39 is 16.7 Å². The lowest BCUT2D eigenvalue weighted by Crippen LogP contribution is -2.37. The molecule has 0 saturated heterocycles. The van der Waals surface area contributed by atoms with Gasteiger partial charge in [-0.15, -0.1) is 0 Å². The molecule has 0 saturated carbocycles. The van der Waals surface area contributed by atoms with Crippen LogP contribution >= 0.6 is 0 Å². The van der Waals surface area contributed by atoms with E-state index in [1.807, 2.05) is 30.3 Å². The van der Waals surface area contributed by atoms with Crippen LogP contribution in [0.5, 0.6) is 5.75 Å². The predicted molar refractivity (Wildman–Crippen MR) is 108 cm³/mol. The van der Waals surface area contributed by atoms with Gasteiger partial charge in [0, 0.05) is 12.6 Å². The van der Waals surface area contributed by atoms with Crippen LogP contribution < -0.4 is 10.1 Å². The number of nitrogens with one attached hydrogen (secondary N) is 1. The Balaban J connectivity index is 1.77. The highest BCUT2D eigenvalue weighted by Gasteiger charge is 2.22. The molecule has 0 fully saturated rings. The summed E-state index contributed by atoms with van der Waals surface area (Å²) < 4.78 is 10.3. The summed E-state index contributed by atoms with van der Waals surface area (Å²) in [5, 5.41) is 13.6. The average molecular weight is 409 g/mol. The fourth-order valence-corrected chi connectivity index (χ4v) is 2.82. The summed E-state index contributed by atoms with van der Waals surface area (Å²) in [5.74, 6) is -0.663. The maximum Gasteiger partial charge on any atom is 0.290 e. The Labute approximate surface area is 172 Å². The van der Waals surface area contributed by atoms with Crippen LogP contribution in [0.4, 0.5) is 11.4 Å². The van der Waals surface area contributed by atoms with Gasteiger partial charge in [-0.1, -0.05) is 30.3 Å². The first-order chi connectivity index (χ1) is 14.5. The molecule has 0 aliphatic heterocycles. The number of non-ortho nitro benzene ring substituents is 1. The Morgan fingerprint density at radius 3 is 2.53 bits per heavy atom. The molecule has 9 nitrogen and oxygen atoms in total. The number of nitrogens with zero attached hydrogens (tertiary/aromatic N) is 2. The highest BCUT2D eigenvalue weighted by Crippen LogP contribution is 2.29. The van der Waals surface area contributed by atoms with E-state index in [-0.39, 0.29) is 36.0 Å². The molecule has 0 aliphatic rings. The number of hydrogen-bond donors (Lipinski definition) is 1. The van der Waals surface area contributed by atoms with Crippen LogP contribution in [0.2, 0.25) is 0 Å². The molecule has 1 N–H and O–H groups in total. The molecule has 30 heavy (non-hydrogen) atoms. The van der Waals surface area contributed by atoms with Crippen molar-refractivity contribution >= 4 is 23.2 Å². The summed E-state index contributed by atoms with van der Waals surface area (Å²) in [4.78, 5) is 37.2. The maximum absolute atomic E-state index is 12.8. The third-order valence-electron chi connectivity index (χ3n) is 4.24. The lowest BCUT2D eigenvalue weighted by molar-refractivity contribution is -0.384. The van der Waals surface area contributed by atoms with Gasteiger partial charge in [0.25, 0.3) is 11.6 Å². The van der Waals surface area contributed by atoms with Gasteiger partial charge in [0.1, 0.15) is 12.3 Å². The molecule has 0 bridgehead atoms. The van der Waals surface area contributed by atoms with Crippen molar-refractivity contribution in [1.29, 1.82) is 0 Å². The van der Waals surface area contributed by atoms with Gasteiger partial charge in [0.15, 0.2) is 5.76 Å². The number of benzene rings is 2. The first-order valence-electron chi connectivity index (χ1n) is 8.97. The van der Waals surface area contributed by atoms with E-state index in [0.29, 0.717) is 0 Å². The summed E-state index contributed by atoms with van der Waals surface area (Å²) in [7, 11) is 1.34. The normalized spacial score (nSPS) is 10.3. The van der Waals surface area contributed by atoms with Crippen molar-refractivity contribution < 1.29 is 23.7 Å². The van der Waals surface area contributed by atoms with Crippen molar-refractivity contribution in [2.24, 2.45) is 0 Å². The minimum Gasteiger partial charge on any atom is -0.494 e. The van der Waals surface area contributed by atoms with Crippen LogP contribution in [0.1, 0.15) is 16.1 Å². The molecule has 9 heteroatoms. The Kier molecular flexibility index (Phi) is 6.43. The first-order valence-corrected chi connectivity index (χ1v) is 8.97. The average Bonchev–Trinajstić information content (AvgIpc) is 3.28. The van der Waals surface area contributed by atoms with Crippen molar-refractivity contribution in [3.63, 3.8) is 0 Å². The smallest absolute Gasteiger partial charge is 0.290 e. The number of methoxy groups -OCH3 is 1. The van der Waals surface area contributed by atoms with Gasteiger partial charge in [-0.2, -0.15) is 0 Å². The summed E-state index contributed by atoms with van der Waals surface area (Å²) in [6.07, 6.45) is 1.38. The highest BCUT2D eigenvalue weighted by molar-refractivity contribution is 5.98. The Bertz CT molecular complexity index is 1030. The molecule has 0 spiro atoms. The van der Waals surface area contributed by atoms with Crippen LogP contribution in [0.25, 0.3) is 0 Å². The zero-order chi connectivity index (χ0) is 21.5. The van der Waals surface area contributed by atoms with Gasteiger partial charge in [-0.3, -0.25) is 19.7 Å². The van der Waals surface area contributed by atoms with Crippen LogP contribution in [0.15, 0.2) is 71.3 Å². The van der Waals surface area contributed by atoms with E-state index in [1.54, 1.807) is 6.07 Å². The molecule has 1 heterocycles. The fraction of sp³-hybridized carbons (Fsp3) is 0.143. The number of furan rings is 1. The second kappa shape index (κ2) is 9.37. The minimum absolute atomic E-state index is 0.117. The number of carbonyl (C=O) groups excluding carboxylic acids is 2. The zero-order valence-corrected chi connectivity index (χ0v) is 16.1. The molecule has 0 aliphatic carbocycles. The highest BCUT2D eigenvalue weighted by atomic mass is 16.6. The Morgan fingerprint density at radius 1 is 1.13 bits per heavy atom. The van der Waals surface area contributed by atoms with Gasteiger partial charge in [0.05, 0.1) is 30.1 Å². The second-order valence-corrected chi connectivity index (χ2v) is 6.31. The standard InChI is InChI=1S/C21H19N3O6/c1-29-19-12-16(24(27)28)9-10-17(19)22-20(25)14-23(13-15-6-3-2-4-7-15)21(26)18-8-5-11-30-18/h2-12H,13-14H2,1H3,(H,22,25). The van der Waals surface area contributed by atoms with Gasteiger partial charge in [0.2, 0.25) is 5.91 Å². The third-order valence-corrected chi connectivity index (χ3v) is 4.24. The Hall–Kier alpha value is -4.14. The summed E-state index contributed by atoms with van der Waals surface area (Å²) in [5.41, 5.74) is 0.944. The van der Waals surface area contributed by atoms with Gasteiger partial charge >= 0.3 is 0 Å². The van der Waals surface area contributed by atoms with Gasteiger partial charge < -0.3 is 19.4 Å². The number of nitro groups is 1. The monoisotopic (exact) mass is 409 g/mol. The number of carbonyl (C=O) groups is 2. The van der Waals surface area contributed by atoms with E-state index in [0.717, 1.165) is 5.56 Å². The third kappa shape index (κ3) is 5.02. The number of anilines is 1. The Morgan fingerprint density at radius 2 is 1.90 bits per heavy atom. The van der Waals surface area contributed by atoms with Gasteiger partial charge in [-0.25, -0.2) is 0 Å². The fourth-order valence-electron chi connectivity index (χ4n) is 2.82. The van der Waals surface area contributed by atoms with E-state index in [2.05, 4.69) is 5.32 Å². The van der Waals surface area contributed by atoms with Crippen molar-refractivity contribution in [3.05, 3.63) is 88.4 Å². The molecular formula is C21H19N3O6. The predicted octanol–water partition coefficient (Wildman–Crippen LogP) is 3.48. The second-order valence-electron chi connectivity index (χ2n) is 6.31. The molecule has 2 aromatic carbocycles. The van der Waals surface area contributed by atoms with E-state index in [9.17, 15) is 19.7 Å². The van der Waals surface area contributed by atoms with Crippen molar-refractivity contribution in [2.75, 3.05) is 19.0 Å². The number of amides is 2. The number of ether oxygens (including phenoxy) is 1. The zero-order valence-electron chi connectivity index (χ0n) is 16.1. The minimum atomic E-state index is -0.558. The van der Waals surface area contributed by atoms with Crippen molar-refractivity contribution in [2.45, 2.75) is 6.54 Å². The van der Waals surface area contributed by atoms with E-state index in [1.165, 1.54) is 42.5 Å². The van der Waals surface area contributed by atoms with Crippen molar-refractivity contribution in [1.82, 2.24) is 4.90 Å². The van der Waals surface area contributed by atoms with Crippen molar-refractivity contribution in [3.8, 4) is 5.75 Å². The summed E-state index contributed by atoms with van der Waals surface area (Å²) in [6, 6.07) is 16.2. The molecule has 0 unspecified atom stereocenters. The molecule has 0 radical (unpaired) electrons. The molecule has 154 valence electrons. The molecule has 3 aromatic rings. The first kappa shape index (κ1) is 20.6. The summed E-state index contributed by atoms with van der Waals surface area (Å²) >= 11 is 0. The number of hydrogen-bond acceptors (Lipinski definition) is 6. The molecular weight excluding hydrogens is 390 g/mol. The number of rotatable bonds is 8. The lowest BCUT2D eigenvalue weighted by Gasteiger charge is -2.21. The quantitative estimate of drug-likeness (QED) is 0.450. The molecule has 0 atom stereocenters. The lowest BCUT2D eigenvalue weighted by atomic mass is 10.2. The van der Waals surface area contributed by atoms with Gasteiger partial charge in [-0.05, 0) is 23.8 Å². The molecule has 1 aromatic heterocycles. The SMILES string of the molecule is COc1cc([N+](=O)[O-])ccc1NC(=O)CN(Cc1ccccc1)C(=O)c1ccco1. The largest absolute Gasteiger partial charge is 0.494 e.